The van der Waals surface area contributed by atoms with Gasteiger partial charge in [0.2, 0.25) is 0 Å². The number of benzene rings is 2. The maximum atomic E-state index is 11.9. The van der Waals surface area contributed by atoms with E-state index in [0.29, 0.717) is 5.75 Å². The van der Waals surface area contributed by atoms with Gasteiger partial charge >= 0.3 is 5.97 Å². The molecule has 0 amide bonds. The van der Waals surface area contributed by atoms with Crippen LogP contribution in [0.1, 0.15) is 15.9 Å². The molecule has 0 spiro atoms. The number of esters is 1. The average molecular weight is 273 g/mol. The largest absolute Gasteiger partial charge is 0.505 e. The molecule has 0 unspecified atom stereocenters. The van der Waals surface area contributed by atoms with Crippen LogP contribution in [0.15, 0.2) is 42.5 Å². The molecule has 3 N–H and O–H groups in total. The lowest BCUT2D eigenvalue weighted by Crippen LogP contribution is -2.06. The van der Waals surface area contributed by atoms with Gasteiger partial charge in [-0.1, -0.05) is 18.2 Å². The van der Waals surface area contributed by atoms with E-state index < -0.39 is 5.97 Å². The zero-order valence-corrected chi connectivity index (χ0v) is 11.0. The molecule has 104 valence electrons. The van der Waals surface area contributed by atoms with Gasteiger partial charge in [0.05, 0.1) is 12.8 Å². The molecule has 0 aliphatic heterocycles. The van der Waals surface area contributed by atoms with E-state index in [4.69, 9.17) is 15.2 Å². The first kappa shape index (κ1) is 13.7. The summed E-state index contributed by atoms with van der Waals surface area (Å²) in [4.78, 5) is 11.9. The van der Waals surface area contributed by atoms with E-state index in [1.807, 2.05) is 6.07 Å². The van der Waals surface area contributed by atoms with Crippen LogP contribution < -0.4 is 10.5 Å². The molecule has 2 aromatic carbocycles. The number of ether oxygens (including phenoxy) is 2. The quantitative estimate of drug-likeness (QED) is 0.507. The smallest absolute Gasteiger partial charge is 0.342 e. The summed E-state index contributed by atoms with van der Waals surface area (Å²) in [5, 5.41) is 9.70. The molecule has 5 heteroatoms. The van der Waals surface area contributed by atoms with Crippen molar-refractivity contribution < 1.29 is 19.4 Å². The van der Waals surface area contributed by atoms with E-state index in [1.54, 1.807) is 31.4 Å². The minimum atomic E-state index is -0.627. The Kier molecular flexibility index (Phi) is 4.10. The van der Waals surface area contributed by atoms with Crippen molar-refractivity contribution in [2.24, 2.45) is 0 Å². The lowest BCUT2D eigenvalue weighted by molar-refractivity contribution is 0.0469. The van der Waals surface area contributed by atoms with Gasteiger partial charge in [-0.3, -0.25) is 0 Å². The van der Waals surface area contributed by atoms with Gasteiger partial charge < -0.3 is 20.3 Å². The van der Waals surface area contributed by atoms with Gasteiger partial charge in [-0.05, 0) is 29.8 Å². The molecular formula is C15H15NO4. The number of methoxy groups -OCH3 is 1. The lowest BCUT2D eigenvalue weighted by atomic mass is 10.1. The summed E-state index contributed by atoms with van der Waals surface area (Å²) in [6.45, 7) is 0.0876. The molecule has 0 fully saturated rings. The molecular weight excluding hydrogens is 258 g/mol. The van der Waals surface area contributed by atoms with Crippen LogP contribution >= 0.6 is 0 Å². The van der Waals surface area contributed by atoms with E-state index in [-0.39, 0.29) is 23.6 Å². The molecule has 2 aromatic rings. The number of hydrogen-bond donors (Lipinski definition) is 2. The fourth-order valence-corrected chi connectivity index (χ4v) is 1.71. The normalized spacial score (nSPS) is 10.1. The molecule has 0 radical (unpaired) electrons. The van der Waals surface area contributed by atoms with Crippen molar-refractivity contribution >= 4 is 11.7 Å². The minimum absolute atomic E-state index is 0.0490. The van der Waals surface area contributed by atoms with E-state index in [0.717, 1.165) is 5.56 Å². The summed E-state index contributed by atoms with van der Waals surface area (Å²) in [6, 6.07) is 11.7. The third-order valence-corrected chi connectivity index (χ3v) is 2.79. The van der Waals surface area contributed by atoms with Crippen LogP contribution in [0.3, 0.4) is 0 Å². The second kappa shape index (κ2) is 5.97. The van der Waals surface area contributed by atoms with Gasteiger partial charge in [0.25, 0.3) is 0 Å². The summed E-state index contributed by atoms with van der Waals surface area (Å²) in [5.74, 6) is -0.203. The summed E-state index contributed by atoms with van der Waals surface area (Å²) in [7, 11) is 1.57. The zero-order chi connectivity index (χ0) is 14.5. The van der Waals surface area contributed by atoms with Crippen molar-refractivity contribution in [2.45, 2.75) is 6.61 Å². The van der Waals surface area contributed by atoms with Crippen LogP contribution in [0, 0.1) is 0 Å². The number of rotatable bonds is 4. The van der Waals surface area contributed by atoms with Crippen molar-refractivity contribution in [2.75, 3.05) is 12.8 Å². The zero-order valence-electron chi connectivity index (χ0n) is 11.0. The van der Waals surface area contributed by atoms with Crippen LogP contribution in [-0.4, -0.2) is 18.2 Å². The van der Waals surface area contributed by atoms with Gasteiger partial charge in [0.1, 0.15) is 17.9 Å². The third kappa shape index (κ3) is 3.00. The number of aromatic hydroxyl groups is 1. The highest BCUT2D eigenvalue weighted by atomic mass is 16.5. The first-order valence-electron chi connectivity index (χ1n) is 5.99. The van der Waals surface area contributed by atoms with Gasteiger partial charge in [0.15, 0.2) is 5.75 Å². The van der Waals surface area contributed by atoms with Gasteiger partial charge in [-0.2, -0.15) is 0 Å². The Balaban J connectivity index is 2.06. The number of phenolic OH excluding ortho intramolecular Hbond substituents is 1. The number of phenols is 1. The van der Waals surface area contributed by atoms with Crippen LogP contribution in [0.25, 0.3) is 0 Å². The lowest BCUT2D eigenvalue weighted by Gasteiger charge is -2.08. The summed E-state index contributed by atoms with van der Waals surface area (Å²) in [5.41, 5.74) is 6.51. The molecule has 5 nitrogen and oxygen atoms in total. The van der Waals surface area contributed by atoms with Gasteiger partial charge in [-0.25, -0.2) is 4.79 Å². The maximum Gasteiger partial charge on any atom is 0.342 e. The Morgan fingerprint density at radius 2 is 2.00 bits per heavy atom. The highest BCUT2D eigenvalue weighted by Crippen LogP contribution is 2.25. The molecule has 0 heterocycles. The average Bonchev–Trinajstić information content (AvgIpc) is 2.48. The van der Waals surface area contributed by atoms with Crippen LogP contribution in [-0.2, 0) is 11.3 Å². The Labute approximate surface area is 116 Å². The number of anilines is 1. The van der Waals surface area contributed by atoms with E-state index in [9.17, 15) is 9.90 Å². The maximum absolute atomic E-state index is 11.9. The summed E-state index contributed by atoms with van der Waals surface area (Å²) in [6.07, 6.45) is 0. The highest BCUT2D eigenvalue weighted by molar-refractivity contribution is 5.94. The summed E-state index contributed by atoms with van der Waals surface area (Å²) < 4.78 is 10.2. The molecule has 0 aliphatic carbocycles. The topological polar surface area (TPSA) is 81.8 Å². The standard InChI is InChI=1S/C15H15NO4/c1-19-11-5-2-4-10(8-11)9-20-15(18)12-6-3-7-13(16)14(12)17/h2-8,17H,9,16H2,1H3. The molecule has 2 rings (SSSR count). The predicted octanol–water partition coefficient (Wildman–Crippen LogP) is 2.34. The Hall–Kier alpha value is -2.69. The van der Waals surface area contributed by atoms with Crippen molar-refractivity contribution in [3.8, 4) is 11.5 Å². The van der Waals surface area contributed by atoms with E-state index in [1.165, 1.54) is 12.1 Å². The minimum Gasteiger partial charge on any atom is -0.505 e. The predicted molar refractivity (Wildman–Crippen MR) is 74.6 cm³/mol. The second-order valence-electron chi connectivity index (χ2n) is 4.17. The van der Waals surface area contributed by atoms with Crippen LogP contribution in [0.4, 0.5) is 5.69 Å². The molecule has 0 atom stereocenters. The number of nitrogen functional groups attached to an aromatic ring is 1. The molecule has 0 aromatic heterocycles. The van der Waals surface area contributed by atoms with Crippen molar-refractivity contribution in [3.63, 3.8) is 0 Å². The second-order valence-corrected chi connectivity index (χ2v) is 4.17. The molecule has 0 saturated heterocycles. The van der Waals surface area contributed by atoms with Gasteiger partial charge in [-0.15, -0.1) is 0 Å². The molecule has 0 bridgehead atoms. The van der Waals surface area contributed by atoms with Crippen molar-refractivity contribution in [3.05, 3.63) is 53.6 Å². The third-order valence-electron chi connectivity index (χ3n) is 2.79. The van der Waals surface area contributed by atoms with E-state index in [2.05, 4.69) is 0 Å². The van der Waals surface area contributed by atoms with Crippen LogP contribution in [0.2, 0.25) is 0 Å². The molecule has 0 aliphatic rings. The number of para-hydroxylation sites is 1. The Bertz CT molecular complexity index is 625. The van der Waals surface area contributed by atoms with Crippen molar-refractivity contribution in [1.29, 1.82) is 0 Å². The SMILES string of the molecule is COc1cccc(COC(=O)c2cccc(N)c2O)c1. The summed E-state index contributed by atoms with van der Waals surface area (Å²) >= 11 is 0. The fourth-order valence-electron chi connectivity index (χ4n) is 1.71. The first-order chi connectivity index (χ1) is 9.61. The van der Waals surface area contributed by atoms with Crippen LogP contribution in [0.5, 0.6) is 11.5 Å². The fraction of sp³-hybridized carbons (Fsp3) is 0.133. The number of carbonyl (C=O) groups is 1. The number of carbonyl (C=O) groups excluding carboxylic acids is 1. The van der Waals surface area contributed by atoms with E-state index >= 15 is 0 Å². The molecule has 0 saturated carbocycles. The highest BCUT2D eigenvalue weighted by Gasteiger charge is 2.14. The Morgan fingerprint density at radius 1 is 1.25 bits per heavy atom. The first-order valence-corrected chi connectivity index (χ1v) is 5.99. The number of hydrogen-bond acceptors (Lipinski definition) is 5. The number of nitrogens with two attached hydrogens (primary N) is 1. The van der Waals surface area contributed by atoms with Gasteiger partial charge in [0, 0.05) is 0 Å². The van der Waals surface area contributed by atoms with Crippen molar-refractivity contribution in [1.82, 2.24) is 0 Å². The molecule has 20 heavy (non-hydrogen) atoms. The Morgan fingerprint density at radius 3 is 2.75 bits per heavy atom. The monoisotopic (exact) mass is 273 g/mol.